The summed E-state index contributed by atoms with van der Waals surface area (Å²) in [6.45, 7) is 3.14. The van der Waals surface area contributed by atoms with Crippen molar-refractivity contribution < 1.29 is 56.4 Å². The zero-order valence-corrected chi connectivity index (χ0v) is 15.2. The molecule has 0 bridgehead atoms. The number of esters is 2. The van der Waals surface area contributed by atoms with Gasteiger partial charge in [-0.2, -0.15) is 0 Å². The Balaban J connectivity index is 0. The minimum absolute atomic E-state index is 0. The molecule has 0 amide bonds. The summed E-state index contributed by atoms with van der Waals surface area (Å²) in [6, 6.07) is 0. The van der Waals surface area contributed by atoms with Gasteiger partial charge in [0.2, 0.25) is 0 Å². The Labute approximate surface area is 154 Å². The molecule has 0 aliphatic rings. The second kappa shape index (κ2) is 15.6. The van der Waals surface area contributed by atoms with Crippen LogP contribution in [0.15, 0.2) is 24.3 Å². The van der Waals surface area contributed by atoms with E-state index in [1.54, 1.807) is 13.8 Å². The van der Waals surface area contributed by atoms with Crippen LogP contribution >= 0.6 is 7.82 Å². The van der Waals surface area contributed by atoms with Gasteiger partial charge >= 0.3 is 30.8 Å². The number of carbonyl (C=O) groups excluding carboxylic acids is 2. The average molecular weight is 356 g/mol. The summed E-state index contributed by atoms with van der Waals surface area (Å²) in [5.74, 6) is -0.997. The van der Waals surface area contributed by atoms with Gasteiger partial charge in [0.1, 0.15) is 0 Å². The molecule has 0 aromatic rings. The Morgan fingerprint density at radius 2 is 1.25 bits per heavy atom. The molecule has 0 aliphatic carbocycles. The summed E-state index contributed by atoms with van der Waals surface area (Å²) in [5.41, 5.74) is 0. The molecule has 0 rings (SSSR count). The monoisotopic (exact) mass is 356 g/mol. The van der Waals surface area contributed by atoms with Crippen LogP contribution < -0.4 is 23.8 Å². The van der Waals surface area contributed by atoms with Gasteiger partial charge in [0, 0.05) is 25.0 Å². The number of carbonyl (C=O) groups is 2. The van der Waals surface area contributed by atoms with Crippen molar-refractivity contribution in [3.8, 4) is 0 Å². The summed E-state index contributed by atoms with van der Waals surface area (Å²) in [4.78, 5) is 33.3. The molecular formula is C14H22LiO8P. The third kappa shape index (κ3) is 16.0. The minimum atomic E-state index is -4.40. The number of hydrogen-bond donors (Lipinski definition) is 0. The molecule has 0 N–H and O–H groups in total. The first-order valence-corrected chi connectivity index (χ1v) is 8.56. The molecule has 0 heterocycles. The zero-order chi connectivity index (χ0) is 17.6. The number of phosphoric ester groups is 1. The van der Waals surface area contributed by atoms with Crippen LogP contribution in [-0.4, -0.2) is 38.4 Å². The largest absolute Gasteiger partial charge is 1.00 e. The quantitative estimate of drug-likeness (QED) is 0.137. The molecule has 0 saturated carbocycles. The molecule has 0 atom stereocenters. The van der Waals surface area contributed by atoms with Gasteiger partial charge in [0.25, 0.3) is 7.82 Å². The molecule has 0 saturated heterocycles. The van der Waals surface area contributed by atoms with E-state index in [1.165, 1.54) is 24.3 Å². The smallest absolute Gasteiger partial charge is 0.756 e. The van der Waals surface area contributed by atoms with E-state index in [2.05, 4.69) is 9.05 Å². The molecule has 0 aromatic heterocycles. The number of hydrogen-bond acceptors (Lipinski definition) is 8. The Morgan fingerprint density at radius 3 is 1.58 bits per heavy atom. The normalized spacial score (nSPS) is 13.5. The number of rotatable bonds is 12. The van der Waals surface area contributed by atoms with E-state index in [9.17, 15) is 19.0 Å². The average Bonchev–Trinajstić information content (AvgIpc) is 2.47. The summed E-state index contributed by atoms with van der Waals surface area (Å²) in [6.07, 6.45) is 6.03. The molecule has 0 aromatic carbocycles. The van der Waals surface area contributed by atoms with E-state index in [0.717, 1.165) is 0 Å². The van der Waals surface area contributed by atoms with Gasteiger partial charge in [0.05, 0.1) is 26.4 Å². The van der Waals surface area contributed by atoms with Gasteiger partial charge in [-0.3, -0.25) is 4.57 Å². The first-order valence-electron chi connectivity index (χ1n) is 7.10. The van der Waals surface area contributed by atoms with E-state index in [0.29, 0.717) is 0 Å². The molecular weight excluding hydrogens is 334 g/mol. The van der Waals surface area contributed by atoms with Crippen molar-refractivity contribution in [1.82, 2.24) is 0 Å². The zero-order valence-electron chi connectivity index (χ0n) is 14.3. The summed E-state index contributed by atoms with van der Waals surface area (Å²) in [7, 11) is -4.40. The predicted molar refractivity (Wildman–Crippen MR) is 80.3 cm³/mol. The van der Waals surface area contributed by atoms with Crippen LogP contribution in [0.4, 0.5) is 0 Å². The molecule has 0 radical (unpaired) electrons. The van der Waals surface area contributed by atoms with Crippen LogP contribution in [-0.2, 0) is 32.7 Å². The number of allylic oxidation sites excluding steroid dienone is 2. The van der Waals surface area contributed by atoms with Crippen LogP contribution in [0, 0.1) is 0 Å². The van der Waals surface area contributed by atoms with Gasteiger partial charge in [-0.1, -0.05) is 12.2 Å². The van der Waals surface area contributed by atoms with E-state index >= 15 is 0 Å². The molecule has 8 nitrogen and oxygen atoms in total. The molecule has 24 heavy (non-hydrogen) atoms. The molecule has 0 aliphatic heterocycles. The van der Waals surface area contributed by atoms with Crippen LogP contribution in [0.3, 0.4) is 0 Å². The van der Waals surface area contributed by atoms with Crippen LogP contribution in [0.1, 0.15) is 26.7 Å². The third-order valence-electron chi connectivity index (χ3n) is 2.17. The fourth-order valence-electron chi connectivity index (χ4n) is 1.22. The maximum atomic E-state index is 11.4. The first kappa shape index (κ1) is 25.4. The fourth-order valence-corrected chi connectivity index (χ4v) is 2.00. The van der Waals surface area contributed by atoms with Crippen molar-refractivity contribution >= 4 is 19.8 Å². The maximum Gasteiger partial charge on any atom is 1.00 e. The van der Waals surface area contributed by atoms with Crippen molar-refractivity contribution in [1.29, 1.82) is 0 Å². The third-order valence-corrected chi connectivity index (χ3v) is 3.17. The van der Waals surface area contributed by atoms with E-state index in [1.807, 2.05) is 0 Å². The van der Waals surface area contributed by atoms with Gasteiger partial charge in [-0.05, 0) is 13.8 Å². The summed E-state index contributed by atoms with van der Waals surface area (Å²) < 4.78 is 30.1. The van der Waals surface area contributed by atoms with Crippen molar-refractivity contribution in [3.63, 3.8) is 0 Å². The van der Waals surface area contributed by atoms with Gasteiger partial charge in [0.15, 0.2) is 0 Å². The molecule has 0 unspecified atom stereocenters. The molecule has 132 valence electrons. The van der Waals surface area contributed by atoms with Crippen LogP contribution in [0.5, 0.6) is 0 Å². The SMILES string of the molecule is CC=CC(=O)OCCCOP(=O)([O-])OCCCOC(=O)C=CC.[Li+]. The maximum absolute atomic E-state index is 11.4. The molecule has 0 spiro atoms. The summed E-state index contributed by atoms with van der Waals surface area (Å²) in [5, 5.41) is 0. The Hall–Kier alpha value is -0.873. The van der Waals surface area contributed by atoms with Crippen LogP contribution in [0.25, 0.3) is 0 Å². The molecule has 10 heteroatoms. The Kier molecular flexibility index (Phi) is 16.5. The number of phosphoric acid groups is 1. The second-order valence-corrected chi connectivity index (χ2v) is 5.57. The van der Waals surface area contributed by atoms with Gasteiger partial charge in [-0.15, -0.1) is 0 Å². The Bertz CT molecular complexity index is 426. The van der Waals surface area contributed by atoms with E-state index in [-0.39, 0.29) is 58.1 Å². The van der Waals surface area contributed by atoms with E-state index < -0.39 is 19.8 Å². The Morgan fingerprint density at radius 1 is 0.875 bits per heavy atom. The van der Waals surface area contributed by atoms with Crippen molar-refractivity contribution in [2.75, 3.05) is 26.4 Å². The number of ether oxygens (including phenoxy) is 2. The van der Waals surface area contributed by atoms with E-state index in [4.69, 9.17) is 9.47 Å². The van der Waals surface area contributed by atoms with Crippen molar-refractivity contribution in [2.45, 2.75) is 26.7 Å². The standard InChI is InChI=1S/C14H23O8P.Li/c1-3-7-13(15)19-9-5-11-21-23(17,18)22-12-6-10-20-14(16)8-4-2;/h3-4,7-8H,5-6,9-12H2,1-2H3,(H,17,18);/q;+1/p-1. The second-order valence-electron chi connectivity index (χ2n) is 4.16. The van der Waals surface area contributed by atoms with Crippen LogP contribution in [0.2, 0.25) is 0 Å². The predicted octanol–water partition coefficient (Wildman–Crippen LogP) is -1.49. The topological polar surface area (TPSA) is 111 Å². The minimum Gasteiger partial charge on any atom is -0.756 e. The van der Waals surface area contributed by atoms with Gasteiger partial charge in [-0.25, -0.2) is 9.59 Å². The van der Waals surface area contributed by atoms with Gasteiger partial charge < -0.3 is 23.4 Å². The first-order chi connectivity index (χ1) is 10.9. The van der Waals surface area contributed by atoms with Crippen molar-refractivity contribution in [3.05, 3.63) is 24.3 Å². The van der Waals surface area contributed by atoms with Crippen molar-refractivity contribution in [2.24, 2.45) is 0 Å². The fraction of sp³-hybridized carbons (Fsp3) is 0.571. The summed E-state index contributed by atoms with van der Waals surface area (Å²) >= 11 is 0. The molecule has 0 fully saturated rings.